The van der Waals surface area contributed by atoms with Crippen molar-refractivity contribution < 1.29 is 26.4 Å². The second-order valence-corrected chi connectivity index (χ2v) is 10.2. The molecule has 3 aromatic carbocycles. The Hall–Kier alpha value is -2.46. The highest BCUT2D eigenvalue weighted by Crippen LogP contribution is 2.38. The van der Waals surface area contributed by atoms with Gasteiger partial charge in [-0.25, -0.2) is 8.42 Å². The van der Waals surface area contributed by atoms with Gasteiger partial charge in [0.25, 0.3) is 10.0 Å². The van der Waals surface area contributed by atoms with E-state index in [1.54, 1.807) is 13.0 Å². The smallest absolute Gasteiger partial charge is 0.322 e. The van der Waals surface area contributed by atoms with Crippen molar-refractivity contribution in [3.05, 3.63) is 86.9 Å². The average molecular weight is 552 g/mol. The van der Waals surface area contributed by atoms with E-state index < -0.39 is 44.9 Å². The zero-order valence-corrected chi connectivity index (χ0v) is 20.4. The fraction of sp³-hybridized carbons (Fsp3) is 0.136. The number of anilines is 2. The number of benzene rings is 3. The molecule has 0 saturated carbocycles. The minimum Gasteiger partial charge on any atom is -0.322 e. The topological polar surface area (TPSA) is 66.5 Å². The average Bonchev–Trinajstić information content (AvgIpc) is 2.75. The Labute approximate surface area is 209 Å². The molecule has 0 spiro atoms. The van der Waals surface area contributed by atoms with Gasteiger partial charge in [-0.2, -0.15) is 13.2 Å². The van der Waals surface area contributed by atoms with Crippen molar-refractivity contribution in [2.24, 2.45) is 0 Å². The van der Waals surface area contributed by atoms with Crippen molar-refractivity contribution in [1.29, 1.82) is 0 Å². The zero-order chi connectivity index (χ0) is 25.3. The quantitative estimate of drug-likeness (QED) is 0.366. The van der Waals surface area contributed by atoms with E-state index in [2.05, 4.69) is 5.32 Å². The lowest BCUT2D eigenvalue weighted by molar-refractivity contribution is -0.137. The van der Waals surface area contributed by atoms with Crippen LogP contribution in [0.5, 0.6) is 0 Å². The number of hydrogen-bond donors (Lipinski definition) is 1. The fourth-order valence-electron chi connectivity index (χ4n) is 2.96. The number of carbonyl (C=O) groups excluding carboxylic acids is 1. The summed E-state index contributed by atoms with van der Waals surface area (Å²) in [7, 11) is -4.46. The SMILES string of the molecule is Cc1ccc(S(=O)(=O)N(CC(=O)Nc2c(Cl)cccc2Cl)c2ccc(Cl)c(C(F)(F)F)c2)cc1. The van der Waals surface area contributed by atoms with Gasteiger partial charge in [-0.15, -0.1) is 0 Å². The molecule has 0 aliphatic heterocycles. The monoisotopic (exact) mass is 550 g/mol. The summed E-state index contributed by atoms with van der Waals surface area (Å²) in [6, 6.07) is 12.7. The third-order valence-electron chi connectivity index (χ3n) is 4.67. The lowest BCUT2D eigenvalue weighted by Crippen LogP contribution is -2.38. The van der Waals surface area contributed by atoms with Gasteiger partial charge < -0.3 is 5.32 Å². The van der Waals surface area contributed by atoms with E-state index in [1.165, 1.54) is 36.4 Å². The van der Waals surface area contributed by atoms with Crippen LogP contribution in [0.2, 0.25) is 15.1 Å². The molecule has 12 heteroatoms. The standard InChI is InChI=1S/C22H16Cl3F3N2O3S/c1-13-5-8-15(9-6-13)34(32,33)30(14-7-10-17(23)16(11-14)22(26,27)28)12-20(31)29-21-18(24)3-2-4-19(21)25/h2-11H,12H2,1H3,(H,29,31). The maximum Gasteiger partial charge on any atom is 0.417 e. The van der Waals surface area contributed by atoms with Crippen LogP contribution in [0.25, 0.3) is 0 Å². The first kappa shape index (κ1) is 26.2. The van der Waals surface area contributed by atoms with Gasteiger partial charge in [0.05, 0.1) is 36.9 Å². The second-order valence-electron chi connectivity index (χ2n) is 7.13. The first-order chi connectivity index (χ1) is 15.8. The number of hydrogen-bond acceptors (Lipinski definition) is 3. The number of nitrogens with one attached hydrogen (secondary N) is 1. The molecule has 0 fully saturated rings. The molecule has 3 aromatic rings. The summed E-state index contributed by atoms with van der Waals surface area (Å²) in [4.78, 5) is 12.6. The van der Waals surface area contributed by atoms with Crippen LogP contribution >= 0.6 is 34.8 Å². The predicted molar refractivity (Wildman–Crippen MR) is 127 cm³/mol. The lowest BCUT2D eigenvalue weighted by atomic mass is 10.2. The van der Waals surface area contributed by atoms with Crippen molar-refractivity contribution >= 4 is 62.1 Å². The highest BCUT2D eigenvalue weighted by molar-refractivity contribution is 7.92. The molecule has 34 heavy (non-hydrogen) atoms. The summed E-state index contributed by atoms with van der Waals surface area (Å²) in [5, 5.41) is 1.99. The molecule has 0 radical (unpaired) electrons. The zero-order valence-electron chi connectivity index (χ0n) is 17.3. The van der Waals surface area contributed by atoms with Crippen LogP contribution in [-0.4, -0.2) is 20.9 Å². The minimum atomic E-state index is -4.85. The number of amides is 1. The summed E-state index contributed by atoms with van der Waals surface area (Å²) in [5.74, 6) is -0.880. The Morgan fingerprint density at radius 2 is 1.53 bits per heavy atom. The Kier molecular flexibility index (Phi) is 7.72. The first-order valence-corrected chi connectivity index (χ1v) is 12.1. The fourth-order valence-corrected chi connectivity index (χ4v) is 5.09. The van der Waals surface area contributed by atoms with E-state index in [0.717, 1.165) is 17.7 Å². The maximum atomic E-state index is 13.4. The minimum absolute atomic E-state index is 0.0376. The number of rotatable bonds is 6. The molecule has 0 aliphatic rings. The van der Waals surface area contributed by atoms with Gasteiger partial charge in [0.2, 0.25) is 5.91 Å². The summed E-state index contributed by atoms with van der Waals surface area (Å²) in [6.07, 6.45) is -4.85. The normalized spacial score (nSPS) is 11.9. The molecule has 0 unspecified atom stereocenters. The molecule has 0 aromatic heterocycles. The number of para-hydroxylation sites is 1. The van der Waals surface area contributed by atoms with Gasteiger partial charge in [-0.1, -0.05) is 58.6 Å². The molecular weight excluding hydrogens is 536 g/mol. The number of sulfonamides is 1. The van der Waals surface area contributed by atoms with E-state index in [4.69, 9.17) is 34.8 Å². The van der Waals surface area contributed by atoms with Gasteiger partial charge in [0.15, 0.2) is 0 Å². The number of alkyl halides is 3. The maximum absolute atomic E-state index is 13.4. The summed E-state index contributed by atoms with van der Waals surface area (Å²) in [5.41, 5.74) is -0.846. The highest BCUT2D eigenvalue weighted by atomic mass is 35.5. The summed E-state index contributed by atoms with van der Waals surface area (Å²) < 4.78 is 67.6. The van der Waals surface area contributed by atoms with E-state index >= 15 is 0 Å². The van der Waals surface area contributed by atoms with Crippen LogP contribution in [0, 0.1) is 6.92 Å². The molecule has 0 bridgehead atoms. The molecule has 1 amide bonds. The molecule has 0 heterocycles. The predicted octanol–water partition coefficient (Wildman–Crippen LogP) is 6.81. The molecular formula is C22H16Cl3F3N2O3S. The molecule has 3 rings (SSSR count). The Bertz CT molecular complexity index is 1310. The molecule has 0 saturated heterocycles. The van der Waals surface area contributed by atoms with Gasteiger partial charge in [0, 0.05) is 0 Å². The lowest BCUT2D eigenvalue weighted by Gasteiger charge is -2.25. The van der Waals surface area contributed by atoms with Crippen molar-refractivity contribution in [2.45, 2.75) is 18.0 Å². The van der Waals surface area contributed by atoms with Gasteiger partial charge in [0.1, 0.15) is 6.54 Å². The second kappa shape index (κ2) is 10.0. The van der Waals surface area contributed by atoms with Gasteiger partial charge in [-0.3, -0.25) is 9.10 Å². The number of nitrogens with zero attached hydrogens (tertiary/aromatic N) is 1. The van der Waals surface area contributed by atoms with Gasteiger partial charge >= 0.3 is 6.18 Å². The Balaban J connectivity index is 2.07. The van der Waals surface area contributed by atoms with E-state index in [1.807, 2.05) is 0 Å². The molecule has 1 N–H and O–H groups in total. The van der Waals surface area contributed by atoms with Crippen molar-refractivity contribution in [3.63, 3.8) is 0 Å². The number of carbonyl (C=O) groups is 1. The van der Waals surface area contributed by atoms with Crippen molar-refractivity contribution in [1.82, 2.24) is 0 Å². The van der Waals surface area contributed by atoms with Crippen molar-refractivity contribution in [3.8, 4) is 0 Å². The summed E-state index contributed by atoms with van der Waals surface area (Å²) >= 11 is 17.8. The highest BCUT2D eigenvalue weighted by Gasteiger charge is 2.35. The first-order valence-electron chi connectivity index (χ1n) is 9.50. The third kappa shape index (κ3) is 5.78. The van der Waals surface area contributed by atoms with E-state index in [0.29, 0.717) is 10.4 Å². The van der Waals surface area contributed by atoms with Crippen LogP contribution in [0.3, 0.4) is 0 Å². The van der Waals surface area contributed by atoms with E-state index in [-0.39, 0.29) is 20.6 Å². The molecule has 0 aliphatic carbocycles. The van der Waals surface area contributed by atoms with Crippen LogP contribution in [0.1, 0.15) is 11.1 Å². The molecule has 0 atom stereocenters. The largest absolute Gasteiger partial charge is 0.417 e. The number of aryl methyl sites for hydroxylation is 1. The molecule has 5 nitrogen and oxygen atoms in total. The van der Waals surface area contributed by atoms with Crippen LogP contribution in [0.15, 0.2) is 65.6 Å². The molecule has 180 valence electrons. The number of halogens is 6. The Morgan fingerprint density at radius 3 is 2.09 bits per heavy atom. The van der Waals surface area contributed by atoms with Crippen LogP contribution in [-0.2, 0) is 21.0 Å². The van der Waals surface area contributed by atoms with Gasteiger partial charge in [-0.05, 0) is 49.4 Å². The summed E-state index contributed by atoms with van der Waals surface area (Å²) in [6.45, 7) is 0.875. The van der Waals surface area contributed by atoms with Crippen LogP contribution < -0.4 is 9.62 Å². The Morgan fingerprint density at radius 1 is 0.941 bits per heavy atom. The van der Waals surface area contributed by atoms with E-state index in [9.17, 15) is 26.4 Å². The van der Waals surface area contributed by atoms with Crippen LogP contribution in [0.4, 0.5) is 24.5 Å². The third-order valence-corrected chi connectivity index (χ3v) is 7.41. The van der Waals surface area contributed by atoms with Crippen molar-refractivity contribution in [2.75, 3.05) is 16.2 Å².